The Morgan fingerprint density at radius 1 is 1.08 bits per heavy atom. The van der Waals surface area contributed by atoms with Crippen LogP contribution in [0.5, 0.6) is 5.75 Å². The predicted octanol–water partition coefficient (Wildman–Crippen LogP) is 2.58. The maximum absolute atomic E-state index is 12.5. The molecule has 2 aromatic rings. The van der Waals surface area contributed by atoms with Gasteiger partial charge in [-0.2, -0.15) is 0 Å². The van der Waals surface area contributed by atoms with Crippen LogP contribution in [0.15, 0.2) is 30.3 Å². The van der Waals surface area contributed by atoms with Gasteiger partial charge in [0.05, 0.1) is 31.1 Å². The van der Waals surface area contributed by atoms with E-state index in [1.54, 1.807) is 18.2 Å². The SMILES string of the molecule is COC(=O)CCc1sc(C(=O)c2cccc(C(=O)OC)c2)cc1O. The molecular formula is C17H16O6S. The third kappa shape index (κ3) is 3.99. The number of rotatable bonds is 6. The first-order valence-electron chi connectivity index (χ1n) is 7.07. The van der Waals surface area contributed by atoms with Crippen LogP contribution in [-0.4, -0.2) is 37.0 Å². The number of esters is 2. The number of aryl methyl sites for hydroxylation is 1. The summed E-state index contributed by atoms with van der Waals surface area (Å²) < 4.78 is 9.19. The van der Waals surface area contributed by atoms with Crippen LogP contribution in [0.25, 0.3) is 0 Å². The fourth-order valence-corrected chi connectivity index (χ4v) is 3.09. The second-order valence-electron chi connectivity index (χ2n) is 4.90. The molecule has 2 rings (SSSR count). The average molecular weight is 348 g/mol. The van der Waals surface area contributed by atoms with Crippen LogP contribution in [0.4, 0.5) is 0 Å². The highest BCUT2D eigenvalue weighted by Crippen LogP contribution is 2.31. The highest BCUT2D eigenvalue weighted by molar-refractivity contribution is 7.14. The summed E-state index contributed by atoms with van der Waals surface area (Å²) in [6.07, 6.45) is 0.411. The molecule has 24 heavy (non-hydrogen) atoms. The highest BCUT2D eigenvalue weighted by Gasteiger charge is 2.18. The Morgan fingerprint density at radius 2 is 1.79 bits per heavy atom. The first kappa shape index (κ1) is 17.7. The Labute approximate surface area is 142 Å². The molecule has 0 aliphatic rings. The van der Waals surface area contributed by atoms with E-state index in [-0.39, 0.29) is 29.5 Å². The zero-order chi connectivity index (χ0) is 17.7. The average Bonchev–Trinajstić information content (AvgIpc) is 2.99. The molecule has 0 saturated carbocycles. The van der Waals surface area contributed by atoms with Gasteiger partial charge in [0.15, 0.2) is 0 Å². The number of carbonyl (C=O) groups excluding carboxylic acids is 3. The van der Waals surface area contributed by atoms with Crippen molar-refractivity contribution >= 4 is 29.1 Å². The van der Waals surface area contributed by atoms with E-state index in [2.05, 4.69) is 9.47 Å². The van der Waals surface area contributed by atoms with Gasteiger partial charge in [-0.3, -0.25) is 9.59 Å². The van der Waals surface area contributed by atoms with Crippen molar-refractivity contribution in [3.05, 3.63) is 51.2 Å². The van der Waals surface area contributed by atoms with E-state index in [9.17, 15) is 19.5 Å². The predicted molar refractivity (Wildman–Crippen MR) is 87.5 cm³/mol. The molecule has 1 aromatic carbocycles. The molecule has 1 aromatic heterocycles. The van der Waals surface area contributed by atoms with Gasteiger partial charge in [-0.05, 0) is 18.6 Å². The first-order valence-corrected chi connectivity index (χ1v) is 7.89. The number of benzene rings is 1. The number of thiophene rings is 1. The molecule has 0 atom stereocenters. The lowest BCUT2D eigenvalue weighted by atomic mass is 10.1. The minimum Gasteiger partial charge on any atom is -0.507 e. The van der Waals surface area contributed by atoms with Crippen LogP contribution < -0.4 is 0 Å². The molecule has 0 amide bonds. The van der Waals surface area contributed by atoms with Gasteiger partial charge >= 0.3 is 11.9 Å². The zero-order valence-electron chi connectivity index (χ0n) is 13.2. The van der Waals surface area contributed by atoms with Gasteiger partial charge in [0.1, 0.15) is 5.75 Å². The quantitative estimate of drug-likeness (QED) is 0.637. The molecular weight excluding hydrogens is 332 g/mol. The summed E-state index contributed by atoms with van der Waals surface area (Å²) in [5.74, 6) is -1.26. The van der Waals surface area contributed by atoms with Gasteiger partial charge in [-0.1, -0.05) is 12.1 Å². The van der Waals surface area contributed by atoms with Gasteiger partial charge in [0.25, 0.3) is 0 Å². The molecule has 0 aliphatic heterocycles. The molecule has 1 heterocycles. The fraction of sp³-hybridized carbons (Fsp3) is 0.235. The second kappa shape index (κ2) is 7.74. The molecule has 0 bridgehead atoms. The monoisotopic (exact) mass is 348 g/mol. The van der Waals surface area contributed by atoms with E-state index in [1.807, 2.05) is 0 Å². The lowest BCUT2D eigenvalue weighted by Crippen LogP contribution is -2.04. The summed E-state index contributed by atoms with van der Waals surface area (Å²) in [5, 5.41) is 9.93. The lowest BCUT2D eigenvalue weighted by Gasteiger charge is -2.02. The van der Waals surface area contributed by atoms with Gasteiger partial charge in [0, 0.05) is 16.5 Å². The second-order valence-corrected chi connectivity index (χ2v) is 6.03. The normalized spacial score (nSPS) is 10.2. The molecule has 7 heteroatoms. The van der Waals surface area contributed by atoms with Gasteiger partial charge in [0.2, 0.25) is 5.78 Å². The Morgan fingerprint density at radius 3 is 2.46 bits per heavy atom. The zero-order valence-corrected chi connectivity index (χ0v) is 14.0. The van der Waals surface area contributed by atoms with Crippen molar-refractivity contribution in [1.82, 2.24) is 0 Å². The summed E-state index contributed by atoms with van der Waals surface area (Å²) in [5.41, 5.74) is 0.591. The van der Waals surface area contributed by atoms with E-state index in [0.29, 0.717) is 21.7 Å². The number of hydrogen-bond acceptors (Lipinski definition) is 7. The molecule has 0 fully saturated rings. The van der Waals surface area contributed by atoms with Crippen LogP contribution >= 0.6 is 11.3 Å². The van der Waals surface area contributed by atoms with Crippen molar-refractivity contribution in [2.75, 3.05) is 14.2 Å². The van der Waals surface area contributed by atoms with Crippen LogP contribution in [0.3, 0.4) is 0 Å². The molecule has 126 valence electrons. The number of aromatic hydroxyl groups is 1. The number of ketones is 1. The van der Waals surface area contributed by atoms with Crippen LogP contribution in [0, 0.1) is 0 Å². The Balaban J connectivity index is 2.21. The minimum atomic E-state index is -0.530. The van der Waals surface area contributed by atoms with Crippen LogP contribution in [0.2, 0.25) is 0 Å². The van der Waals surface area contributed by atoms with E-state index in [1.165, 1.54) is 26.4 Å². The summed E-state index contributed by atoms with van der Waals surface area (Å²) in [7, 11) is 2.56. The molecule has 6 nitrogen and oxygen atoms in total. The van der Waals surface area contributed by atoms with Crippen molar-refractivity contribution in [2.24, 2.45) is 0 Å². The van der Waals surface area contributed by atoms with Gasteiger partial charge in [-0.15, -0.1) is 11.3 Å². The standard InChI is InChI=1S/C17H16O6S/c1-22-15(19)7-6-13-12(18)9-14(24-13)16(20)10-4-3-5-11(8-10)17(21)23-2/h3-5,8-9,18H,6-7H2,1-2H3. The van der Waals surface area contributed by atoms with E-state index in [0.717, 1.165) is 11.3 Å². The number of methoxy groups -OCH3 is 2. The van der Waals surface area contributed by atoms with Gasteiger partial charge < -0.3 is 14.6 Å². The maximum Gasteiger partial charge on any atom is 0.337 e. The third-order valence-electron chi connectivity index (χ3n) is 3.34. The van der Waals surface area contributed by atoms with Crippen molar-refractivity contribution in [3.8, 4) is 5.75 Å². The lowest BCUT2D eigenvalue weighted by molar-refractivity contribution is -0.140. The smallest absolute Gasteiger partial charge is 0.337 e. The topological polar surface area (TPSA) is 89.9 Å². The van der Waals surface area contributed by atoms with Gasteiger partial charge in [-0.25, -0.2) is 4.79 Å². The molecule has 1 N–H and O–H groups in total. The Hall–Kier alpha value is -2.67. The molecule has 0 spiro atoms. The highest BCUT2D eigenvalue weighted by atomic mass is 32.1. The van der Waals surface area contributed by atoms with Crippen molar-refractivity contribution in [2.45, 2.75) is 12.8 Å². The summed E-state index contributed by atoms with van der Waals surface area (Å²) >= 11 is 1.11. The van der Waals surface area contributed by atoms with E-state index in [4.69, 9.17) is 0 Å². The molecule has 0 radical (unpaired) electrons. The number of carbonyl (C=O) groups is 3. The van der Waals surface area contributed by atoms with Crippen molar-refractivity contribution in [3.63, 3.8) is 0 Å². The first-order chi connectivity index (χ1) is 11.5. The van der Waals surface area contributed by atoms with Crippen molar-refractivity contribution < 1.29 is 29.0 Å². The minimum absolute atomic E-state index is 0.0311. The Bertz CT molecular complexity index is 777. The van der Waals surface area contributed by atoms with Crippen LogP contribution in [0.1, 0.15) is 36.9 Å². The summed E-state index contributed by atoms with van der Waals surface area (Å²) in [6, 6.07) is 7.53. The fourth-order valence-electron chi connectivity index (χ4n) is 2.08. The number of hydrogen-bond donors (Lipinski definition) is 1. The van der Waals surface area contributed by atoms with Crippen LogP contribution in [-0.2, 0) is 20.7 Å². The molecule has 0 unspecified atom stereocenters. The third-order valence-corrected chi connectivity index (χ3v) is 4.52. The van der Waals surface area contributed by atoms with E-state index >= 15 is 0 Å². The van der Waals surface area contributed by atoms with E-state index < -0.39 is 5.97 Å². The summed E-state index contributed by atoms with van der Waals surface area (Å²) in [6.45, 7) is 0. The molecule has 0 aliphatic carbocycles. The number of ether oxygens (including phenoxy) is 2. The largest absolute Gasteiger partial charge is 0.507 e. The van der Waals surface area contributed by atoms with Crippen molar-refractivity contribution in [1.29, 1.82) is 0 Å². The maximum atomic E-state index is 12.5. The summed E-state index contributed by atoms with van der Waals surface area (Å²) in [4.78, 5) is 36.1. The molecule has 0 saturated heterocycles. The Kier molecular flexibility index (Phi) is 5.70.